The smallest absolute Gasteiger partial charge is 0.234 e. The first kappa shape index (κ1) is 14.8. The second-order valence-electron chi connectivity index (χ2n) is 6.43. The van der Waals surface area contributed by atoms with Gasteiger partial charge in [-0.1, -0.05) is 6.92 Å². The van der Waals surface area contributed by atoms with Crippen molar-refractivity contribution in [1.29, 1.82) is 0 Å². The molecule has 1 saturated carbocycles. The van der Waals surface area contributed by atoms with Crippen LogP contribution < -0.4 is 5.32 Å². The lowest BCUT2D eigenvalue weighted by atomic mass is 9.87. The minimum atomic E-state index is 0.184. The molecule has 2 fully saturated rings. The standard InChI is InChI=1S/C15H28N2O2/c1-12-2-4-14(5-3-12)16-15(19)11-17-8-6-13(10-17)7-9-18/h12-14,18H,2-11H2,1H3,(H,16,19). The number of hydrogen-bond acceptors (Lipinski definition) is 3. The van der Waals surface area contributed by atoms with Crippen molar-refractivity contribution in [1.82, 2.24) is 10.2 Å². The highest BCUT2D eigenvalue weighted by Crippen LogP contribution is 2.23. The van der Waals surface area contributed by atoms with Gasteiger partial charge in [0.05, 0.1) is 6.54 Å². The van der Waals surface area contributed by atoms with Gasteiger partial charge in [0.15, 0.2) is 0 Å². The number of nitrogens with zero attached hydrogens (tertiary/aromatic N) is 1. The van der Waals surface area contributed by atoms with Crippen molar-refractivity contribution in [3.63, 3.8) is 0 Å². The van der Waals surface area contributed by atoms with Gasteiger partial charge >= 0.3 is 0 Å². The molecule has 1 amide bonds. The van der Waals surface area contributed by atoms with Crippen molar-refractivity contribution in [3.8, 4) is 0 Å². The van der Waals surface area contributed by atoms with E-state index in [-0.39, 0.29) is 12.5 Å². The van der Waals surface area contributed by atoms with E-state index in [1.165, 1.54) is 12.8 Å². The molecule has 1 saturated heterocycles. The number of aliphatic hydroxyl groups is 1. The fourth-order valence-corrected chi connectivity index (χ4v) is 3.36. The zero-order valence-electron chi connectivity index (χ0n) is 12.1. The Labute approximate surface area is 116 Å². The van der Waals surface area contributed by atoms with Crippen LogP contribution in [0.2, 0.25) is 0 Å². The Kier molecular flexibility index (Phi) is 5.64. The van der Waals surface area contributed by atoms with E-state index < -0.39 is 0 Å². The van der Waals surface area contributed by atoms with Gasteiger partial charge in [0.2, 0.25) is 5.91 Å². The summed E-state index contributed by atoms with van der Waals surface area (Å²) in [4.78, 5) is 14.2. The maximum Gasteiger partial charge on any atom is 0.234 e. The Morgan fingerprint density at radius 1 is 1.26 bits per heavy atom. The van der Waals surface area contributed by atoms with Crippen molar-refractivity contribution >= 4 is 5.91 Å². The van der Waals surface area contributed by atoms with Gasteiger partial charge in [0.1, 0.15) is 0 Å². The lowest BCUT2D eigenvalue weighted by Crippen LogP contribution is -2.42. The zero-order valence-corrected chi connectivity index (χ0v) is 12.1. The van der Waals surface area contributed by atoms with E-state index >= 15 is 0 Å². The van der Waals surface area contributed by atoms with Crippen LogP contribution in [-0.2, 0) is 4.79 Å². The van der Waals surface area contributed by atoms with Crippen molar-refractivity contribution in [2.45, 2.75) is 51.5 Å². The first-order valence-electron chi connectivity index (χ1n) is 7.80. The lowest BCUT2D eigenvalue weighted by Gasteiger charge is -2.27. The Bertz CT molecular complexity index is 288. The Hall–Kier alpha value is -0.610. The van der Waals surface area contributed by atoms with E-state index in [2.05, 4.69) is 17.1 Å². The number of amides is 1. The van der Waals surface area contributed by atoms with Gasteiger partial charge in [0.25, 0.3) is 0 Å². The highest BCUT2D eigenvalue weighted by molar-refractivity contribution is 5.78. The number of likely N-dealkylation sites (tertiary alicyclic amines) is 1. The third-order valence-electron chi connectivity index (χ3n) is 4.66. The van der Waals surface area contributed by atoms with Crippen LogP contribution in [0.1, 0.15) is 45.4 Å². The summed E-state index contributed by atoms with van der Waals surface area (Å²) in [6.45, 7) is 5.07. The summed E-state index contributed by atoms with van der Waals surface area (Å²) in [5.74, 6) is 1.59. The summed E-state index contributed by atoms with van der Waals surface area (Å²) in [5, 5.41) is 12.1. The molecule has 1 atom stereocenters. The molecule has 19 heavy (non-hydrogen) atoms. The summed E-state index contributed by atoms with van der Waals surface area (Å²) >= 11 is 0. The zero-order chi connectivity index (χ0) is 13.7. The van der Waals surface area contributed by atoms with E-state index in [0.29, 0.717) is 18.5 Å². The minimum absolute atomic E-state index is 0.184. The van der Waals surface area contributed by atoms with Gasteiger partial charge in [-0.25, -0.2) is 0 Å². The van der Waals surface area contributed by atoms with Crippen LogP contribution in [0.25, 0.3) is 0 Å². The molecule has 0 radical (unpaired) electrons. The van der Waals surface area contributed by atoms with E-state index in [1.54, 1.807) is 0 Å². The molecule has 1 aliphatic carbocycles. The van der Waals surface area contributed by atoms with Crippen molar-refractivity contribution < 1.29 is 9.90 Å². The highest BCUT2D eigenvalue weighted by atomic mass is 16.3. The monoisotopic (exact) mass is 268 g/mol. The summed E-state index contributed by atoms with van der Waals surface area (Å²) in [5.41, 5.74) is 0. The molecule has 2 aliphatic rings. The van der Waals surface area contributed by atoms with E-state index in [9.17, 15) is 4.79 Å². The van der Waals surface area contributed by atoms with Gasteiger partial charge < -0.3 is 10.4 Å². The largest absolute Gasteiger partial charge is 0.396 e. The van der Waals surface area contributed by atoms with Crippen LogP contribution in [0.15, 0.2) is 0 Å². The number of aliphatic hydroxyl groups excluding tert-OH is 1. The van der Waals surface area contributed by atoms with E-state index in [4.69, 9.17) is 5.11 Å². The predicted octanol–water partition coefficient (Wildman–Crippen LogP) is 1.39. The molecule has 2 N–H and O–H groups in total. The maximum atomic E-state index is 12.0. The van der Waals surface area contributed by atoms with Gasteiger partial charge in [-0.05, 0) is 56.9 Å². The molecule has 2 rings (SSSR count). The summed E-state index contributed by atoms with van der Waals surface area (Å²) in [7, 11) is 0. The molecule has 1 unspecified atom stereocenters. The predicted molar refractivity (Wildman–Crippen MR) is 75.8 cm³/mol. The number of carbonyl (C=O) groups excluding carboxylic acids is 1. The van der Waals surface area contributed by atoms with Gasteiger partial charge in [0, 0.05) is 19.2 Å². The molecule has 0 aromatic rings. The number of nitrogens with one attached hydrogen (secondary N) is 1. The Morgan fingerprint density at radius 3 is 2.68 bits per heavy atom. The molecule has 4 nitrogen and oxygen atoms in total. The van der Waals surface area contributed by atoms with Crippen molar-refractivity contribution in [2.75, 3.05) is 26.2 Å². The summed E-state index contributed by atoms with van der Waals surface area (Å²) in [6.07, 6.45) is 6.76. The molecular formula is C15H28N2O2. The molecule has 4 heteroatoms. The van der Waals surface area contributed by atoms with Crippen molar-refractivity contribution in [3.05, 3.63) is 0 Å². The number of hydrogen-bond donors (Lipinski definition) is 2. The van der Waals surface area contributed by atoms with Crippen LogP contribution in [0.3, 0.4) is 0 Å². The third-order valence-corrected chi connectivity index (χ3v) is 4.66. The van der Waals surface area contributed by atoms with Crippen LogP contribution in [0.4, 0.5) is 0 Å². The molecule has 0 spiro atoms. The van der Waals surface area contributed by atoms with E-state index in [1.807, 2.05) is 0 Å². The Balaban J connectivity index is 1.65. The minimum Gasteiger partial charge on any atom is -0.396 e. The third kappa shape index (κ3) is 4.77. The van der Waals surface area contributed by atoms with Gasteiger partial charge in [-0.15, -0.1) is 0 Å². The van der Waals surface area contributed by atoms with Crippen LogP contribution in [-0.4, -0.2) is 48.2 Å². The first-order valence-corrected chi connectivity index (χ1v) is 7.80. The van der Waals surface area contributed by atoms with Crippen molar-refractivity contribution in [2.24, 2.45) is 11.8 Å². The fraction of sp³-hybridized carbons (Fsp3) is 0.933. The molecule has 1 aliphatic heterocycles. The van der Waals surface area contributed by atoms with Crippen LogP contribution in [0, 0.1) is 11.8 Å². The molecule has 0 bridgehead atoms. The second kappa shape index (κ2) is 7.25. The molecule has 0 aromatic carbocycles. The Morgan fingerprint density at radius 2 is 2.00 bits per heavy atom. The first-order chi connectivity index (χ1) is 9.17. The quantitative estimate of drug-likeness (QED) is 0.792. The maximum absolute atomic E-state index is 12.0. The highest BCUT2D eigenvalue weighted by Gasteiger charge is 2.25. The number of carbonyl (C=O) groups is 1. The SMILES string of the molecule is CC1CCC(NC(=O)CN2CCC(CCO)C2)CC1. The van der Waals surface area contributed by atoms with E-state index in [0.717, 1.165) is 44.7 Å². The topological polar surface area (TPSA) is 52.6 Å². The molecule has 1 heterocycles. The molecule has 110 valence electrons. The number of rotatable bonds is 5. The fourth-order valence-electron chi connectivity index (χ4n) is 3.36. The van der Waals surface area contributed by atoms with Gasteiger partial charge in [-0.3, -0.25) is 9.69 Å². The summed E-state index contributed by atoms with van der Waals surface area (Å²) < 4.78 is 0. The molecular weight excluding hydrogens is 240 g/mol. The van der Waals surface area contributed by atoms with Crippen LogP contribution in [0.5, 0.6) is 0 Å². The average Bonchev–Trinajstić information content (AvgIpc) is 2.80. The average molecular weight is 268 g/mol. The molecule has 0 aromatic heterocycles. The van der Waals surface area contributed by atoms with Crippen LogP contribution >= 0.6 is 0 Å². The second-order valence-corrected chi connectivity index (χ2v) is 6.43. The summed E-state index contributed by atoms with van der Waals surface area (Å²) in [6, 6.07) is 0.402. The normalized spacial score (nSPS) is 32.4. The van der Waals surface area contributed by atoms with Gasteiger partial charge in [-0.2, -0.15) is 0 Å². The lowest BCUT2D eigenvalue weighted by molar-refractivity contribution is -0.123.